The van der Waals surface area contributed by atoms with Gasteiger partial charge in [-0.1, -0.05) is 42.5 Å². The number of amides is 1. The van der Waals surface area contributed by atoms with E-state index in [1.54, 1.807) is 36.3 Å². The highest BCUT2D eigenvalue weighted by atomic mass is 32.2. The van der Waals surface area contributed by atoms with Crippen LogP contribution in [0.4, 0.5) is 5.69 Å². The number of likely N-dealkylation sites (N-methyl/N-ethyl adjacent to an activating group) is 1. The van der Waals surface area contributed by atoms with Gasteiger partial charge in [-0.2, -0.15) is 0 Å². The molecule has 1 aliphatic heterocycles. The summed E-state index contributed by atoms with van der Waals surface area (Å²) in [6, 6.07) is 21.6. The number of pyridine rings is 2. The van der Waals surface area contributed by atoms with Crippen LogP contribution >= 0.6 is 0 Å². The van der Waals surface area contributed by atoms with Gasteiger partial charge in [-0.25, -0.2) is 13.4 Å². The molecule has 1 fully saturated rings. The van der Waals surface area contributed by atoms with Gasteiger partial charge in [-0.15, -0.1) is 0 Å². The van der Waals surface area contributed by atoms with Crippen LogP contribution in [0.25, 0.3) is 22.3 Å². The van der Waals surface area contributed by atoms with Crippen LogP contribution in [-0.2, 0) is 20.4 Å². The zero-order valence-electron chi connectivity index (χ0n) is 18.8. The molecule has 1 saturated heterocycles. The number of fused-ring (bicyclic) bond motifs is 1. The summed E-state index contributed by atoms with van der Waals surface area (Å²) in [4.78, 5) is 25.5. The lowest BCUT2D eigenvalue weighted by Crippen LogP contribution is -2.48. The first-order chi connectivity index (χ1) is 16.4. The quantitative estimate of drug-likeness (QED) is 0.442. The van der Waals surface area contributed by atoms with Crippen LogP contribution in [0, 0.1) is 0 Å². The standard InChI is InChI=1S/C26H24N4O3S/c1-29-14-15-30(17-25(29)31)24-12-13-27-23-11-10-22(28-26(23)24)20-8-5-9-21(16-20)34(32,33)18-19-6-3-2-4-7-19/h2-13,16H,14-15,17-18H2,1H3. The molecule has 0 saturated carbocycles. The van der Waals surface area contributed by atoms with Gasteiger partial charge in [0.1, 0.15) is 5.52 Å². The Balaban J connectivity index is 1.51. The van der Waals surface area contributed by atoms with Crippen molar-refractivity contribution in [1.82, 2.24) is 14.9 Å². The fourth-order valence-electron chi connectivity index (χ4n) is 4.12. The summed E-state index contributed by atoms with van der Waals surface area (Å²) in [6.07, 6.45) is 1.72. The summed E-state index contributed by atoms with van der Waals surface area (Å²) in [7, 11) is -1.71. The Bertz CT molecular complexity index is 1470. The first-order valence-electron chi connectivity index (χ1n) is 11.0. The minimum Gasteiger partial charge on any atom is -0.359 e. The molecule has 5 rings (SSSR count). The highest BCUT2D eigenvalue weighted by Crippen LogP contribution is 2.29. The Morgan fingerprint density at radius 2 is 1.76 bits per heavy atom. The zero-order chi connectivity index (χ0) is 23.7. The number of hydrogen-bond donors (Lipinski definition) is 0. The summed E-state index contributed by atoms with van der Waals surface area (Å²) in [5.41, 5.74) is 4.37. The molecule has 34 heavy (non-hydrogen) atoms. The third-order valence-electron chi connectivity index (χ3n) is 6.05. The fourth-order valence-corrected chi connectivity index (χ4v) is 5.51. The van der Waals surface area contributed by atoms with E-state index in [0.717, 1.165) is 16.8 Å². The van der Waals surface area contributed by atoms with Gasteiger partial charge < -0.3 is 9.80 Å². The summed E-state index contributed by atoms with van der Waals surface area (Å²) >= 11 is 0. The van der Waals surface area contributed by atoms with Gasteiger partial charge in [0.2, 0.25) is 5.91 Å². The van der Waals surface area contributed by atoms with Crippen molar-refractivity contribution >= 4 is 32.5 Å². The molecule has 0 aliphatic carbocycles. The van der Waals surface area contributed by atoms with Crippen LogP contribution in [0.5, 0.6) is 0 Å². The predicted octanol–water partition coefficient (Wildman–Crippen LogP) is 3.55. The van der Waals surface area contributed by atoms with Gasteiger partial charge in [0.05, 0.1) is 34.1 Å². The van der Waals surface area contributed by atoms with Crippen molar-refractivity contribution in [1.29, 1.82) is 0 Å². The summed E-state index contributed by atoms with van der Waals surface area (Å²) < 4.78 is 26.1. The van der Waals surface area contributed by atoms with E-state index in [0.29, 0.717) is 29.9 Å². The van der Waals surface area contributed by atoms with Gasteiger partial charge >= 0.3 is 0 Å². The third kappa shape index (κ3) is 4.36. The van der Waals surface area contributed by atoms with E-state index in [4.69, 9.17) is 4.98 Å². The van der Waals surface area contributed by atoms with Gasteiger partial charge in [-0.3, -0.25) is 9.78 Å². The lowest BCUT2D eigenvalue weighted by molar-refractivity contribution is -0.129. The molecule has 8 heteroatoms. The molecule has 0 bridgehead atoms. The lowest BCUT2D eigenvalue weighted by Gasteiger charge is -2.33. The van der Waals surface area contributed by atoms with E-state index in [1.807, 2.05) is 59.5 Å². The minimum absolute atomic E-state index is 0.0590. The number of rotatable bonds is 5. The Labute approximate surface area is 198 Å². The highest BCUT2D eigenvalue weighted by molar-refractivity contribution is 7.90. The maximum absolute atomic E-state index is 13.0. The number of nitrogens with zero attached hydrogens (tertiary/aromatic N) is 4. The number of carbonyl (C=O) groups excluding carboxylic acids is 1. The van der Waals surface area contributed by atoms with Crippen LogP contribution in [0.15, 0.2) is 83.9 Å². The van der Waals surface area contributed by atoms with Crippen LogP contribution < -0.4 is 4.90 Å². The van der Waals surface area contributed by atoms with E-state index in [2.05, 4.69) is 4.98 Å². The van der Waals surface area contributed by atoms with E-state index >= 15 is 0 Å². The van der Waals surface area contributed by atoms with Crippen molar-refractivity contribution in [2.75, 3.05) is 31.6 Å². The SMILES string of the molecule is CN1CCN(c2ccnc3ccc(-c4cccc(S(=O)(=O)Cc5ccccc5)c4)nc23)CC1=O. The van der Waals surface area contributed by atoms with Crippen LogP contribution in [0.2, 0.25) is 0 Å². The predicted molar refractivity (Wildman–Crippen MR) is 132 cm³/mol. The molecule has 1 aliphatic rings. The van der Waals surface area contributed by atoms with E-state index in [1.165, 1.54) is 0 Å². The molecule has 2 aromatic carbocycles. The monoisotopic (exact) mass is 472 g/mol. The average molecular weight is 473 g/mol. The molecule has 3 heterocycles. The smallest absolute Gasteiger partial charge is 0.241 e. The number of piperazine rings is 1. The average Bonchev–Trinajstić information content (AvgIpc) is 2.85. The van der Waals surface area contributed by atoms with E-state index in [9.17, 15) is 13.2 Å². The van der Waals surface area contributed by atoms with E-state index in [-0.39, 0.29) is 23.1 Å². The zero-order valence-corrected chi connectivity index (χ0v) is 19.6. The number of hydrogen-bond acceptors (Lipinski definition) is 6. The maximum atomic E-state index is 13.0. The molecule has 0 unspecified atom stereocenters. The molecule has 1 amide bonds. The molecular formula is C26H24N4O3S. The van der Waals surface area contributed by atoms with Crippen LogP contribution in [0.1, 0.15) is 5.56 Å². The number of aromatic nitrogens is 2. The number of anilines is 1. The molecule has 4 aromatic rings. The topological polar surface area (TPSA) is 83.5 Å². The fraction of sp³-hybridized carbons (Fsp3) is 0.192. The van der Waals surface area contributed by atoms with Crippen molar-refractivity contribution in [3.8, 4) is 11.3 Å². The molecule has 2 aromatic heterocycles. The van der Waals surface area contributed by atoms with Gasteiger partial charge in [0, 0.05) is 31.9 Å². The Morgan fingerprint density at radius 3 is 2.56 bits per heavy atom. The van der Waals surface area contributed by atoms with Crippen molar-refractivity contribution in [2.45, 2.75) is 10.6 Å². The second-order valence-corrected chi connectivity index (χ2v) is 10.4. The highest BCUT2D eigenvalue weighted by Gasteiger charge is 2.23. The van der Waals surface area contributed by atoms with Crippen LogP contribution in [0.3, 0.4) is 0 Å². The number of benzene rings is 2. The molecule has 0 spiro atoms. The Morgan fingerprint density at radius 1 is 0.941 bits per heavy atom. The van der Waals surface area contributed by atoms with Crippen molar-refractivity contribution < 1.29 is 13.2 Å². The Kier molecular flexibility index (Phi) is 5.75. The van der Waals surface area contributed by atoms with Gasteiger partial charge in [0.15, 0.2) is 9.84 Å². The molecule has 172 valence electrons. The second-order valence-electron chi connectivity index (χ2n) is 8.40. The van der Waals surface area contributed by atoms with Gasteiger partial charge in [0.25, 0.3) is 0 Å². The molecular weight excluding hydrogens is 448 g/mol. The van der Waals surface area contributed by atoms with Crippen molar-refractivity contribution in [3.63, 3.8) is 0 Å². The first kappa shape index (κ1) is 22.0. The first-order valence-corrected chi connectivity index (χ1v) is 12.7. The summed E-state index contributed by atoms with van der Waals surface area (Å²) in [6.45, 7) is 1.64. The number of carbonyl (C=O) groups is 1. The van der Waals surface area contributed by atoms with Gasteiger partial charge in [-0.05, 0) is 35.9 Å². The van der Waals surface area contributed by atoms with E-state index < -0.39 is 9.84 Å². The maximum Gasteiger partial charge on any atom is 0.241 e. The van der Waals surface area contributed by atoms with Crippen LogP contribution in [-0.4, -0.2) is 55.9 Å². The molecule has 0 N–H and O–H groups in total. The van der Waals surface area contributed by atoms with Crippen molar-refractivity contribution in [2.24, 2.45) is 0 Å². The summed E-state index contributed by atoms with van der Waals surface area (Å²) in [5.74, 6) is -0.00259. The second kappa shape index (κ2) is 8.87. The van der Waals surface area contributed by atoms with Crippen molar-refractivity contribution in [3.05, 3.63) is 84.6 Å². The molecule has 7 nitrogen and oxygen atoms in total. The number of sulfone groups is 1. The lowest BCUT2D eigenvalue weighted by atomic mass is 10.1. The molecule has 0 atom stereocenters. The molecule has 0 radical (unpaired) electrons. The Hall–Kier alpha value is -3.78. The normalized spacial score (nSPS) is 14.6. The summed E-state index contributed by atoms with van der Waals surface area (Å²) in [5, 5.41) is 0. The third-order valence-corrected chi connectivity index (χ3v) is 7.73. The minimum atomic E-state index is -3.51. The largest absolute Gasteiger partial charge is 0.359 e.